The molecule has 0 aliphatic heterocycles. The van der Waals surface area contributed by atoms with Crippen LogP contribution in [-0.2, 0) is 14.3 Å². The number of rotatable bonds is 7. The monoisotopic (exact) mass is 274 g/mol. The van der Waals surface area contributed by atoms with Crippen molar-refractivity contribution < 1.29 is 33.0 Å². The molecule has 8 heteroatoms. The Morgan fingerprint density at radius 3 is 2.37 bits per heavy atom. The molecule has 1 aromatic carbocycles. The molecule has 0 aliphatic rings. The minimum absolute atomic E-state index is 0.0406. The molecule has 0 saturated carbocycles. The Labute approximate surface area is 106 Å². The molecule has 0 fully saturated rings. The molecule has 0 aromatic heterocycles. The molecule has 6 nitrogen and oxygen atoms in total. The lowest BCUT2D eigenvalue weighted by Crippen LogP contribution is -2.29. The summed E-state index contributed by atoms with van der Waals surface area (Å²) in [6.45, 7) is -4.06. The number of carbonyl (C=O) groups excluding carboxylic acids is 2. The van der Waals surface area contributed by atoms with Gasteiger partial charge in [-0.1, -0.05) is 0 Å². The van der Waals surface area contributed by atoms with E-state index in [1.54, 1.807) is 0 Å². The first-order chi connectivity index (χ1) is 8.97. The van der Waals surface area contributed by atoms with Crippen LogP contribution in [0.1, 0.15) is 0 Å². The van der Waals surface area contributed by atoms with Crippen molar-refractivity contribution in [2.75, 3.05) is 18.5 Å². The average molecular weight is 274 g/mol. The summed E-state index contributed by atoms with van der Waals surface area (Å²) >= 11 is 0. The SMILES string of the molecule is O=C([O-])COCC(=O)Nc1ccc(OC(F)F)cc1. The van der Waals surface area contributed by atoms with E-state index < -0.39 is 31.7 Å². The van der Waals surface area contributed by atoms with Crippen LogP contribution in [0, 0.1) is 0 Å². The molecule has 104 valence electrons. The second-order valence-electron chi connectivity index (χ2n) is 3.32. The molecule has 1 aromatic rings. The Morgan fingerprint density at radius 1 is 1.21 bits per heavy atom. The fraction of sp³-hybridized carbons (Fsp3) is 0.273. The number of hydrogen-bond donors (Lipinski definition) is 1. The van der Waals surface area contributed by atoms with Gasteiger partial charge in [-0.2, -0.15) is 8.78 Å². The Morgan fingerprint density at radius 2 is 1.84 bits per heavy atom. The number of carboxylic acids is 1. The van der Waals surface area contributed by atoms with Crippen LogP contribution in [0.2, 0.25) is 0 Å². The van der Waals surface area contributed by atoms with Gasteiger partial charge in [0.2, 0.25) is 5.91 Å². The predicted molar refractivity (Wildman–Crippen MR) is 57.5 cm³/mol. The van der Waals surface area contributed by atoms with Crippen molar-refractivity contribution in [2.24, 2.45) is 0 Å². The standard InChI is InChI=1S/C11H11F2NO5/c12-11(13)19-8-3-1-7(2-4-8)14-9(15)5-18-6-10(16)17/h1-4,11H,5-6H2,(H,14,15)(H,16,17)/p-1. The Balaban J connectivity index is 2.40. The van der Waals surface area contributed by atoms with E-state index in [-0.39, 0.29) is 5.75 Å². The molecular weight excluding hydrogens is 264 g/mol. The number of carboxylic acid groups (broad SMARTS) is 1. The fourth-order valence-corrected chi connectivity index (χ4v) is 1.14. The van der Waals surface area contributed by atoms with Gasteiger partial charge in [0.25, 0.3) is 0 Å². The van der Waals surface area contributed by atoms with Gasteiger partial charge in [-0.15, -0.1) is 0 Å². The molecular formula is C11H10F2NO5-. The van der Waals surface area contributed by atoms with Crippen molar-refractivity contribution in [1.29, 1.82) is 0 Å². The normalized spacial score (nSPS) is 10.3. The van der Waals surface area contributed by atoms with Gasteiger partial charge in [-0.05, 0) is 24.3 Å². The molecule has 0 radical (unpaired) electrons. The van der Waals surface area contributed by atoms with E-state index in [1.807, 2.05) is 0 Å². The molecule has 1 amide bonds. The van der Waals surface area contributed by atoms with Gasteiger partial charge in [0.1, 0.15) is 12.4 Å². The summed E-state index contributed by atoms with van der Waals surface area (Å²) in [6.07, 6.45) is 0. The molecule has 0 saturated heterocycles. The van der Waals surface area contributed by atoms with Gasteiger partial charge in [0.15, 0.2) is 0 Å². The van der Waals surface area contributed by atoms with Gasteiger partial charge in [-0.3, -0.25) is 4.79 Å². The third-order valence-corrected chi connectivity index (χ3v) is 1.82. The summed E-state index contributed by atoms with van der Waals surface area (Å²) in [4.78, 5) is 21.3. The minimum Gasteiger partial charge on any atom is -0.548 e. The van der Waals surface area contributed by atoms with Crippen LogP contribution in [0.25, 0.3) is 0 Å². The van der Waals surface area contributed by atoms with Gasteiger partial charge in [0.05, 0.1) is 12.6 Å². The minimum atomic E-state index is -2.92. The van der Waals surface area contributed by atoms with Crippen molar-refractivity contribution >= 4 is 17.6 Å². The second-order valence-corrected chi connectivity index (χ2v) is 3.32. The maximum absolute atomic E-state index is 11.9. The number of alkyl halides is 2. The zero-order valence-electron chi connectivity index (χ0n) is 9.60. The van der Waals surface area contributed by atoms with Crippen LogP contribution >= 0.6 is 0 Å². The molecule has 0 aliphatic carbocycles. The zero-order chi connectivity index (χ0) is 14.3. The van der Waals surface area contributed by atoms with E-state index >= 15 is 0 Å². The lowest BCUT2D eigenvalue weighted by atomic mass is 10.3. The van der Waals surface area contributed by atoms with Crippen molar-refractivity contribution in [3.8, 4) is 5.75 Å². The highest BCUT2D eigenvalue weighted by molar-refractivity contribution is 5.91. The molecule has 1 rings (SSSR count). The summed E-state index contributed by atoms with van der Waals surface area (Å²) in [5, 5.41) is 12.4. The van der Waals surface area contributed by atoms with Crippen LogP contribution in [0.4, 0.5) is 14.5 Å². The first kappa shape index (κ1) is 14.8. The molecule has 1 N–H and O–H groups in total. The molecule has 0 spiro atoms. The molecule has 0 unspecified atom stereocenters. The zero-order valence-corrected chi connectivity index (χ0v) is 9.60. The Hall–Kier alpha value is -2.22. The number of carbonyl (C=O) groups is 2. The predicted octanol–water partition coefficient (Wildman–Crippen LogP) is -0.00700. The van der Waals surface area contributed by atoms with E-state index in [2.05, 4.69) is 14.8 Å². The average Bonchev–Trinajstić information content (AvgIpc) is 2.30. The summed E-state index contributed by atoms with van der Waals surface area (Å²) < 4.78 is 32.4. The smallest absolute Gasteiger partial charge is 0.387 e. The van der Waals surface area contributed by atoms with Crippen LogP contribution in [0.3, 0.4) is 0 Å². The number of anilines is 1. The van der Waals surface area contributed by atoms with Gasteiger partial charge in [0, 0.05) is 5.69 Å². The molecule has 0 heterocycles. The van der Waals surface area contributed by atoms with E-state index in [0.29, 0.717) is 5.69 Å². The van der Waals surface area contributed by atoms with Crippen LogP contribution < -0.4 is 15.2 Å². The second kappa shape index (κ2) is 7.27. The fourth-order valence-electron chi connectivity index (χ4n) is 1.14. The number of aliphatic carboxylic acids is 1. The van der Waals surface area contributed by atoms with Crippen molar-refractivity contribution in [1.82, 2.24) is 0 Å². The number of amides is 1. The van der Waals surface area contributed by atoms with Gasteiger partial charge in [-0.25, -0.2) is 0 Å². The summed E-state index contributed by atoms with van der Waals surface area (Å²) in [5.41, 5.74) is 0.337. The molecule has 0 bridgehead atoms. The quantitative estimate of drug-likeness (QED) is 0.755. The Kier molecular flexibility index (Phi) is 5.68. The van der Waals surface area contributed by atoms with Crippen LogP contribution in [0.5, 0.6) is 5.75 Å². The maximum Gasteiger partial charge on any atom is 0.387 e. The first-order valence-electron chi connectivity index (χ1n) is 5.09. The lowest BCUT2D eigenvalue weighted by Gasteiger charge is -2.08. The highest BCUT2D eigenvalue weighted by Gasteiger charge is 2.05. The number of nitrogens with one attached hydrogen (secondary N) is 1. The molecule has 0 atom stereocenters. The van der Waals surface area contributed by atoms with Crippen LogP contribution in [-0.4, -0.2) is 31.7 Å². The van der Waals surface area contributed by atoms with Gasteiger partial charge >= 0.3 is 6.61 Å². The summed E-state index contributed by atoms with van der Waals surface area (Å²) in [5.74, 6) is -2.05. The summed E-state index contributed by atoms with van der Waals surface area (Å²) in [7, 11) is 0. The van der Waals surface area contributed by atoms with E-state index in [1.165, 1.54) is 24.3 Å². The highest BCUT2D eigenvalue weighted by atomic mass is 19.3. The number of hydrogen-bond acceptors (Lipinski definition) is 5. The lowest BCUT2D eigenvalue weighted by molar-refractivity contribution is -0.309. The van der Waals surface area contributed by atoms with Crippen molar-refractivity contribution in [2.45, 2.75) is 6.61 Å². The molecule has 19 heavy (non-hydrogen) atoms. The maximum atomic E-state index is 11.9. The largest absolute Gasteiger partial charge is 0.548 e. The number of halogens is 2. The summed E-state index contributed by atoms with van der Waals surface area (Å²) in [6, 6.07) is 5.22. The third-order valence-electron chi connectivity index (χ3n) is 1.82. The number of benzene rings is 1. The first-order valence-corrected chi connectivity index (χ1v) is 5.09. The van der Waals surface area contributed by atoms with E-state index in [0.717, 1.165) is 0 Å². The van der Waals surface area contributed by atoms with Gasteiger partial charge < -0.3 is 24.7 Å². The highest BCUT2D eigenvalue weighted by Crippen LogP contribution is 2.17. The van der Waals surface area contributed by atoms with E-state index in [9.17, 15) is 23.5 Å². The van der Waals surface area contributed by atoms with E-state index in [4.69, 9.17) is 0 Å². The number of ether oxygens (including phenoxy) is 2. The van der Waals surface area contributed by atoms with Crippen molar-refractivity contribution in [3.63, 3.8) is 0 Å². The van der Waals surface area contributed by atoms with Crippen molar-refractivity contribution in [3.05, 3.63) is 24.3 Å². The van der Waals surface area contributed by atoms with Crippen LogP contribution in [0.15, 0.2) is 24.3 Å². The third kappa shape index (κ3) is 6.32. The Bertz CT molecular complexity index is 435. The topological polar surface area (TPSA) is 87.7 Å².